The van der Waals surface area contributed by atoms with E-state index in [0.717, 1.165) is 16.6 Å². The van der Waals surface area contributed by atoms with E-state index in [2.05, 4.69) is 10.3 Å². The molecule has 1 amide bonds. The fraction of sp³-hybridized carbons (Fsp3) is 0.0909. The minimum Gasteiger partial charge on any atom is -0.399 e. The van der Waals surface area contributed by atoms with Crippen LogP contribution in [0.15, 0.2) is 30.5 Å². The van der Waals surface area contributed by atoms with Crippen molar-refractivity contribution in [2.24, 2.45) is 5.73 Å². The van der Waals surface area contributed by atoms with E-state index in [9.17, 15) is 4.79 Å². The number of hydrogen-bond donors (Lipinski definition) is 3. The number of rotatable bonds is 3. The number of nitrogens with zero attached hydrogens (tertiary/aromatic N) is 1. The molecule has 5 N–H and O–H groups in total. The van der Waals surface area contributed by atoms with E-state index < -0.39 is 5.91 Å². The first kappa shape index (κ1) is 10.2. The molecular formula is C11H12N4O. The molecule has 5 nitrogen and oxygen atoms in total. The number of carbonyl (C=O) groups excluding carboxylic acids is 1. The fourth-order valence-electron chi connectivity index (χ4n) is 1.50. The Morgan fingerprint density at radius 2 is 2.19 bits per heavy atom. The van der Waals surface area contributed by atoms with Crippen LogP contribution in [0, 0.1) is 0 Å². The molecule has 0 saturated heterocycles. The maximum atomic E-state index is 10.7. The van der Waals surface area contributed by atoms with Gasteiger partial charge in [0.05, 0.1) is 12.1 Å². The highest BCUT2D eigenvalue weighted by Crippen LogP contribution is 2.22. The number of aromatic nitrogens is 1. The number of amides is 1. The van der Waals surface area contributed by atoms with Gasteiger partial charge in [-0.05, 0) is 24.3 Å². The van der Waals surface area contributed by atoms with Crippen molar-refractivity contribution < 1.29 is 4.79 Å². The molecule has 2 rings (SSSR count). The predicted octanol–water partition coefficient (Wildman–Crippen LogP) is 0.714. The summed E-state index contributed by atoms with van der Waals surface area (Å²) in [6.07, 6.45) is 1.66. The average molecular weight is 216 g/mol. The smallest absolute Gasteiger partial charge is 0.236 e. The summed E-state index contributed by atoms with van der Waals surface area (Å²) in [5.41, 5.74) is 13.0. The lowest BCUT2D eigenvalue weighted by molar-refractivity contribution is -0.116. The van der Waals surface area contributed by atoms with E-state index in [1.165, 1.54) is 0 Å². The van der Waals surface area contributed by atoms with Crippen molar-refractivity contribution >= 4 is 28.2 Å². The number of fused-ring (bicyclic) bond motifs is 1. The van der Waals surface area contributed by atoms with Crippen LogP contribution in [-0.4, -0.2) is 17.4 Å². The molecule has 0 fully saturated rings. The number of nitrogens with two attached hydrogens (primary N) is 2. The number of primary amides is 1. The average Bonchev–Trinajstić information content (AvgIpc) is 2.25. The van der Waals surface area contributed by atoms with Crippen molar-refractivity contribution in [2.45, 2.75) is 0 Å². The van der Waals surface area contributed by atoms with Gasteiger partial charge in [-0.1, -0.05) is 0 Å². The summed E-state index contributed by atoms with van der Waals surface area (Å²) in [6, 6.07) is 7.23. The maximum absolute atomic E-state index is 10.7. The molecule has 0 bridgehead atoms. The van der Waals surface area contributed by atoms with Crippen LogP contribution in [0.25, 0.3) is 10.9 Å². The van der Waals surface area contributed by atoms with Gasteiger partial charge in [0.25, 0.3) is 0 Å². The van der Waals surface area contributed by atoms with Gasteiger partial charge in [-0.2, -0.15) is 0 Å². The lowest BCUT2D eigenvalue weighted by atomic mass is 10.1. The van der Waals surface area contributed by atoms with Gasteiger partial charge in [0.15, 0.2) is 0 Å². The van der Waals surface area contributed by atoms with Gasteiger partial charge in [0.1, 0.15) is 0 Å². The van der Waals surface area contributed by atoms with Crippen LogP contribution >= 0.6 is 0 Å². The maximum Gasteiger partial charge on any atom is 0.236 e. The SMILES string of the molecule is NC(=O)CNc1ccnc2cc(N)ccc12. The number of nitrogen functional groups attached to an aromatic ring is 1. The van der Waals surface area contributed by atoms with Crippen LogP contribution < -0.4 is 16.8 Å². The van der Waals surface area contributed by atoms with Crippen LogP contribution in [0.5, 0.6) is 0 Å². The third kappa shape index (κ3) is 2.03. The minimum atomic E-state index is -0.402. The Balaban J connectivity index is 2.41. The Morgan fingerprint density at radius 1 is 1.38 bits per heavy atom. The van der Waals surface area contributed by atoms with Crippen molar-refractivity contribution in [3.8, 4) is 0 Å². The van der Waals surface area contributed by atoms with Gasteiger partial charge in [-0.15, -0.1) is 0 Å². The van der Waals surface area contributed by atoms with Crippen LogP contribution in [0.3, 0.4) is 0 Å². The molecule has 1 aromatic heterocycles. The Kier molecular flexibility index (Phi) is 2.59. The molecule has 0 saturated carbocycles. The van der Waals surface area contributed by atoms with Crippen molar-refractivity contribution in [1.29, 1.82) is 0 Å². The Bertz CT molecular complexity index is 538. The summed E-state index contributed by atoms with van der Waals surface area (Å²) in [4.78, 5) is 14.9. The van der Waals surface area contributed by atoms with Crippen LogP contribution in [0.1, 0.15) is 0 Å². The zero-order valence-electron chi connectivity index (χ0n) is 8.60. The highest BCUT2D eigenvalue weighted by Gasteiger charge is 2.02. The van der Waals surface area contributed by atoms with Gasteiger partial charge in [0.2, 0.25) is 5.91 Å². The molecule has 0 aliphatic heterocycles. The quantitative estimate of drug-likeness (QED) is 0.659. The van der Waals surface area contributed by atoms with E-state index >= 15 is 0 Å². The van der Waals surface area contributed by atoms with E-state index in [-0.39, 0.29) is 6.54 Å². The minimum absolute atomic E-state index is 0.101. The third-order valence-electron chi connectivity index (χ3n) is 2.22. The number of hydrogen-bond acceptors (Lipinski definition) is 4. The zero-order chi connectivity index (χ0) is 11.5. The Morgan fingerprint density at radius 3 is 2.94 bits per heavy atom. The highest BCUT2D eigenvalue weighted by molar-refractivity contribution is 5.94. The topological polar surface area (TPSA) is 94.0 Å². The van der Waals surface area contributed by atoms with Gasteiger partial charge in [-0.25, -0.2) is 0 Å². The van der Waals surface area contributed by atoms with Gasteiger partial charge in [-0.3, -0.25) is 9.78 Å². The fourth-order valence-corrected chi connectivity index (χ4v) is 1.50. The molecule has 0 unspecified atom stereocenters. The summed E-state index contributed by atoms with van der Waals surface area (Å²) in [5.74, 6) is -0.402. The molecule has 1 heterocycles. The van der Waals surface area contributed by atoms with E-state index in [1.54, 1.807) is 24.4 Å². The summed E-state index contributed by atoms with van der Waals surface area (Å²) >= 11 is 0. The van der Waals surface area contributed by atoms with Gasteiger partial charge >= 0.3 is 0 Å². The standard InChI is InChI=1S/C11H12N4O/c12-7-1-2-8-9(15-6-11(13)16)3-4-14-10(8)5-7/h1-5H,6,12H2,(H2,13,16)(H,14,15). The third-order valence-corrected chi connectivity index (χ3v) is 2.22. The Hall–Kier alpha value is -2.30. The second-order valence-electron chi connectivity index (χ2n) is 3.45. The van der Waals surface area contributed by atoms with E-state index in [1.807, 2.05) is 6.07 Å². The molecule has 0 aliphatic carbocycles. The van der Waals surface area contributed by atoms with Crippen LogP contribution in [0.2, 0.25) is 0 Å². The molecule has 0 atom stereocenters. The number of pyridine rings is 1. The van der Waals surface area contributed by atoms with Crippen LogP contribution in [-0.2, 0) is 4.79 Å². The molecular weight excluding hydrogens is 204 g/mol. The molecule has 82 valence electrons. The molecule has 0 aliphatic rings. The molecule has 16 heavy (non-hydrogen) atoms. The lowest BCUT2D eigenvalue weighted by Crippen LogP contribution is -2.21. The number of benzene rings is 1. The second kappa shape index (κ2) is 4.06. The first-order chi connectivity index (χ1) is 7.66. The van der Waals surface area contributed by atoms with E-state index in [0.29, 0.717) is 5.69 Å². The molecule has 0 radical (unpaired) electrons. The van der Waals surface area contributed by atoms with E-state index in [4.69, 9.17) is 11.5 Å². The van der Waals surface area contributed by atoms with Crippen LogP contribution in [0.4, 0.5) is 11.4 Å². The zero-order valence-corrected chi connectivity index (χ0v) is 8.60. The van der Waals surface area contributed by atoms with Crippen molar-refractivity contribution in [3.05, 3.63) is 30.5 Å². The monoisotopic (exact) mass is 216 g/mol. The Labute approximate surface area is 92.5 Å². The molecule has 1 aromatic carbocycles. The summed E-state index contributed by atoms with van der Waals surface area (Å²) in [7, 11) is 0. The summed E-state index contributed by atoms with van der Waals surface area (Å²) in [5, 5.41) is 3.87. The van der Waals surface area contributed by atoms with Gasteiger partial charge < -0.3 is 16.8 Å². The largest absolute Gasteiger partial charge is 0.399 e. The summed E-state index contributed by atoms with van der Waals surface area (Å²) in [6.45, 7) is 0.101. The van der Waals surface area contributed by atoms with Crippen molar-refractivity contribution in [1.82, 2.24) is 4.98 Å². The number of carbonyl (C=O) groups is 1. The van der Waals surface area contributed by atoms with Crippen molar-refractivity contribution in [3.63, 3.8) is 0 Å². The second-order valence-corrected chi connectivity index (χ2v) is 3.45. The molecule has 2 aromatic rings. The van der Waals surface area contributed by atoms with Gasteiger partial charge in [0, 0.05) is 23.0 Å². The first-order valence-corrected chi connectivity index (χ1v) is 4.83. The predicted molar refractivity (Wildman–Crippen MR) is 63.8 cm³/mol. The normalized spacial score (nSPS) is 10.2. The number of anilines is 2. The molecule has 0 spiro atoms. The lowest BCUT2D eigenvalue weighted by Gasteiger charge is -2.07. The highest BCUT2D eigenvalue weighted by atomic mass is 16.1. The molecule has 5 heteroatoms. The first-order valence-electron chi connectivity index (χ1n) is 4.83. The van der Waals surface area contributed by atoms with Crippen molar-refractivity contribution in [2.75, 3.05) is 17.6 Å². The summed E-state index contributed by atoms with van der Waals surface area (Å²) < 4.78 is 0. The number of nitrogens with one attached hydrogen (secondary N) is 1.